The number of benzene rings is 2. The van der Waals surface area contributed by atoms with Crippen LogP contribution in [0, 0.1) is 0 Å². The fraction of sp³-hybridized carbons (Fsp3) is 0.286. The van der Waals surface area contributed by atoms with Gasteiger partial charge in [0, 0.05) is 17.9 Å². The Morgan fingerprint density at radius 3 is 2.69 bits per heavy atom. The Bertz CT molecular complexity index is 1000. The molecule has 0 radical (unpaired) electrons. The molecule has 0 bridgehead atoms. The van der Waals surface area contributed by atoms with Crippen molar-refractivity contribution in [3.63, 3.8) is 0 Å². The number of hydrogen-bond acceptors (Lipinski definition) is 5. The number of rotatable bonds is 5. The highest BCUT2D eigenvalue weighted by Crippen LogP contribution is 2.29. The molecule has 1 atom stereocenters. The summed E-state index contributed by atoms with van der Waals surface area (Å²) < 4.78 is 11.4. The van der Waals surface area contributed by atoms with E-state index in [2.05, 4.69) is 21.2 Å². The van der Waals surface area contributed by atoms with Gasteiger partial charge >= 0.3 is 0 Å². The number of ether oxygens (including phenoxy) is 2. The minimum Gasteiger partial charge on any atom is -0.496 e. The standard InChI is InChI=1S/C21H19BrN2O5/c1-28-18-7-4-12(9-17(18)22)19(25)23-13-5-6-15-16(10-13)21(27)24(20(15)26)11-14-3-2-8-29-14/h4-7,9-10,14H,2-3,8,11H2,1H3,(H,23,25). The van der Waals surface area contributed by atoms with Crippen LogP contribution in [-0.4, -0.2) is 49.0 Å². The SMILES string of the molecule is COc1ccc(C(=O)Nc2ccc3c(c2)C(=O)N(CC2CCCO2)C3=O)cc1Br. The van der Waals surface area contributed by atoms with E-state index in [1.54, 1.807) is 43.5 Å². The molecule has 1 unspecified atom stereocenters. The van der Waals surface area contributed by atoms with E-state index >= 15 is 0 Å². The number of imide groups is 1. The molecule has 2 aromatic carbocycles. The monoisotopic (exact) mass is 458 g/mol. The van der Waals surface area contributed by atoms with Gasteiger partial charge in [0.15, 0.2) is 0 Å². The number of nitrogens with zero attached hydrogens (tertiary/aromatic N) is 1. The fourth-order valence-electron chi connectivity index (χ4n) is 3.54. The largest absolute Gasteiger partial charge is 0.496 e. The molecule has 1 saturated heterocycles. The summed E-state index contributed by atoms with van der Waals surface area (Å²) >= 11 is 3.36. The lowest BCUT2D eigenvalue weighted by Gasteiger charge is -2.17. The molecule has 0 spiro atoms. The van der Waals surface area contributed by atoms with Crippen molar-refractivity contribution >= 4 is 39.3 Å². The van der Waals surface area contributed by atoms with Gasteiger partial charge < -0.3 is 14.8 Å². The third kappa shape index (κ3) is 3.77. The first-order valence-electron chi connectivity index (χ1n) is 9.24. The molecule has 150 valence electrons. The molecule has 2 aliphatic rings. The molecule has 0 saturated carbocycles. The number of carbonyl (C=O) groups excluding carboxylic acids is 3. The third-order valence-corrected chi connectivity index (χ3v) is 5.67. The van der Waals surface area contributed by atoms with E-state index in [0.29, 0.717) is 39.2 Å². The maximum absolute atomic E-state index is 12.7. The predicted octanol–water partition coefficient (Wildman–Crippen LogP) is 3.49. The third-order valence-electron chi connectivity index (χ3n) is 5.05. The highest BCUT2D eigenvalue weighted by molar-refractivity contribution is 9.10. The summed E-state index contributed by atoms with van der Waals surface area (Å²) in [4.78, 5) is 39.1. The average molecular weight is 459 g/mol. The van der Waals surface area contributed by atoms with E-state index in [1.165, 1.54) is 4.90 Å². The molecule has 4 rings (SSSR count). The molecule has 2 aromatic rings. The second-order valence-electron chi connectivity index (χ2n) is 6.92. The van der Waals surface area contributed by atoms with Crippen LogP contribution in [0.2, 0.25) is 0 Å². The van der Waals surface area contributed by atoms with Gasteiger partial charge in [-0.2, -0.15) is 0 Å². The Morgan fingerprint density at radius 2 is 2.00 bits per heavy atom. The summed E-state index contributed by atoms with van der Waals surface area (Å²) in [5, 5.41) is 2.77. The van der Waals surface area contributed by atoms with E-state index in [-0.39, 0.29) is 30.4 Å². The molecule has 2 aliphatic heterocycles. The van der Waals surface area contributed by atoms with Gasteiger partial charge in [0.25, 0.3) is 17.7 Å². The number of hydrogen-bond donors (Lipinski definition) is 1. The zero-order valence-corrected chi connectivity index (χ0v) is 17.3. The summed E-state index contributed by atoms with van der Waals surface area (Å²) in [7, 11) is 1.55. The average Bonchev–Trinajstić information content (AvgIpc) is 3.31. The molecule has 0 aromatic heterocycles. The maximum atomic E-state index is 12.7. The first-order chi connectivity index (χ1) is 14.0. The zero-order valence-electron chi connectivity index (χ0n) is 15.7. The summed E-state index contributed by atoms with van der Waals surface area (Å²) in [5.41, 5.74) is 1.52. The van der Waals surface area contributed by atoms with Gasteiger partial charge in [-0.1, -0.05) is 0 Å². The first kappa shape index (κ1) is 19.6. The Kier molecular flexibility index (Phi) is 5.38. The van der Waals surface area contributed by atoms with E-state index < -0.39 is 0 Å². The number of amides is 3. The van der Waals surface area contributed by atoms with Crippen LogP contribution in [-0.2, 0) is 4.74 Å². The van der Waals surface area contributed by atoms with Gasteiger partial charge in [0.05, 0.1) is 35.4 Å². The van der Waals surface area contributed by atoms with Crippen molar-refractivity contribution in [2.45, 2.75) is 18.9 Å². The Morgan fingerprint density at radius 1 is 1.21 bits per heavy atom. The van der Waals surface area contributed by atoms with Crippen LogP contribution in [0.5, 0.6) is 5.75 Å². The molecule has 2 heterocycles. The lowest BCUT2D eigenvalue weighted by molar-refractivity contribution is 0.0475. The fourth-order valence-corrected chi connectivity index (χ4v) is 4.08. The number of carbonyl (C=O) groups is 3. The molecular weight excluding hydrogens is 440 g/mol. The highest BCUT2D eigenvalue weighted by Gasteiger charge is 2.37. The second kappa shape index (κ2) is 7.96. The predicted molar refractivity (Wildman–Crippen MR) is 109 cm³/mol. The van der Waals surface area contributed by atoms with Gasteiger partial charge in [0.2, 0.25) is 0 Å². The summed E-state index contributed by atoms with van der Waals surface area (Å²) in [6, 6.07) is 9.72. The van der Waals surface area contributed by atoms with Crippen LogP contribution < -0.4 is 10.1 Å². The number of anilines is 1. The minimum atomic E-state index is -0.358. The van der Waals surface area contributed by atoms with Crippen molar-refractivity contribution in [3.05, 3.63) is 57.6 Å². The maximum Gasteiger partial charge on any atom is 0.261 e. The topological polar surface area (TPSA) is 84.9 Å². The van der Waals surface area contributed by atoms with Crippen molar-refractivity contribution in [1.82, 2.24) is 4.90 Å². The summed E-state index contributed by atoms with van der Waals surface area (Å²) in [5.74, 6) is -0.392. The molecule has 8 heteroatoms. The van der Waals surface area contributed by atoms with Crippen molar-refractivity contribution in [2.75, 3.05) is 25.6 Å². The molecule has 0 aliphatic carbocycles. The van der Waals surface area contributed by atoms with Gasteiger partial charge in [0.1, 0.15) is 5.75 Å². The molecule has 1 fully saturated rings. The van der Waals surface area contributed by atoms with Gasteiger partial charge in [-0.3, -0.25) is 19.3 Å². The van der Waals surface area contributed by atoms with Crippen molar-refractivity contribution in [2.24, 2.45) is 0 Å². The van der Waals surface area contributed by atoms with Crippen molar-refractivity contribution in [1.29, 1.82) is 0 Å². The van der Waals surface area contributed by atoms with Crippen LogP contribution in [0.3, 0.4) is 0 Å². The zero-order chi connectivity index (χ0) is 20.5. The molecular formula is C21H19BrN2O5. The summed E-state index contributed by atoms with van der Waals surface area (Å²) in [6.07, 6.45) is 1.67. The van der Waals surface area contributed by atoms with Gasteiger partial charge in [-0.05, 0) is 65.2 Å². The van der Waals surface area contributed by atoms with Crippen molar-refractivity contribution in [3.8, 4) is 5.75 Å². The Labute approximate surface area is 176 Å². The van der Waals surface area contributed by atoms with Crippen LogP contribution in [0.25, 0.3) is 0 Å². The minimum absolute atomic E-state index is 0.107. The van der Waals surface area contributed by atoms with Crippen LogP contribution >= 0.6 is 15.9 Å². The quantitative estimate of drug-likeness (QED) is 0.693. The normalized spacial score (nSPS) is 18.1. The lowest BCUT2D eigenvalue weighted by Crippen LogP contribution is -2.36. The van der Waals surface area contributed by atoms with Crippen LogP contribution in [0.4, 0.5) is 5.69 Å². The smallest absolute Gasteiger partial charge is 0.261 e. The van der Waals surface area contributed by atoms with Gasteiger partial charge in [-0.25, -0.2) is 0 Å². The lowest BCUT2D eigenvalue weighted by atomic mass is 10.1. The molecule has 29 heavy (non-hydrogen) atoms. The number of halogens is 1. The van der Waals surface area contributed by atoms with E-state index in [1.807, 2.05) is 0 Å². The number of nitrogens with one attached hydrogen (secondary N) is 1. The van der Waals surface area contributed by atoms with Crippen molar-refractivity contribution < 1.29 is 23.9 Å². The number of methoxy groups -OCH3 is 1. The van der Waals surface area contributed by atoms with Crippen LogP contribution in [0.15, 0.2) is 40.9 Å². The van der Waals surface area contributed by atoms with E-state index in [0.717, 1.165) is 12.8 Å². The number of fused-ring (bicyclic) bond motifs is 1. The van der Waals surface area contributed by atoms with E-state index in [9.17, 15) is 14.4 Å². The highest BCUT2D eigenvalue weighted by atomic mass is 79.9. The van der Waals surface area contributed by atoms with Gasteiger partial charge in [-0.15, -0.1) is 0 Å². The Balaban J connectivity index is 1.51. The van der Waals surface area contributed by atoms with Crippen LogP contribution in [0.1, 0.15) is 43.9 Å². The summed E-state index contributed by atoms with van der Waals surface area (Å²) in [6.45, 7) is 0.916. The molecule has 1 N–H and O–H groups in total. The van der Waals surface area contributed by atoms with E-state index in [4.69, 9.17) is 9.47 Å². The second-order valence-corrected chi connectivity index (χ2v) is 7.77. The first-order valence-corrected chi connectivity index (χ1v) is 10.0. The molecule has 3 amide bonds. The Hall–Kier alpha value is -2.71. The molecule has 7 nitrogen and oxygen atoms in total.